The molecule has 0 atom stereocenters. The first-order chi connectivity index (χ1) is 50.2. The third-order valence-electron chi connectivity index (χ3n) is 19.6. The molecule has 15 aromatic carbocycles. The second-order valence-electron chi connectivity index (χ2n) is 25.6. The van der Waals surface area contributed by atoms with Gasteiger partial charge in [-0.1, -0.05) is 190 Å². The summed E-state index contributed by atoms with van der Waals surface area (Å²) in [7, 11) is 0.679. The highest BCUT2D eigenvalue weighted by Crippen LogP contribution is 2.49. The molecule has 0 saturated carbocycles. The number of hydrogen-bond donors (Lipinski definition) is 1. The Bertz CT molecular complexity index is 6780. The molecule has 0 spiro atoms. The normalized spacial score (nSPS) is 11.9. The van der Waals surface area contributed by atoms with Gasteiger partial charge in [0.2, 0.25) is 0 Å². The standard InChI is InChI=1S/C54H30O2S2.C18H12BO3.C18H8Br2S2/c1-3-7-31(8-4-1)33-11-19-47-41(25-33)43-27-35(13-21-49(43)55-47)37-15-23-51-45(29-37)39-17-18-40-46-30-38(16-24-52(46)58-54(40)53(39)57-51)36-14-22-50-44(28-36)42-26-34(12-20-48(42)56-50)32-9-5-2-6-10-32;20-19-22-14-7-9-18-16(11-14)15-10-13(6-8-17(15)21-18)12-4-2-1-3-5-12;19-9-1-5-15-13(7-9)11-3-4-12-14-8-10(20)2-6-16(14)22-18(12)17(11)21-15/h1-30H;1-11,20H;1-8H. The highest BCUT2D eigenvalue weighted by molar-refractivity contribution is 9.10. The zero-order chi connectivity index (χ0) is 67.7. The van der Waals surface area contributed by atoms with Crippen LogP contribution in [0.15, 0.2) is 319 Å². The number of benzene rings is 15. The van der Waals surface area contributed by atoms with Gasteiger partial charge in [0, 0.05) is 103 Å². The van der Waals surface area contributed by atoms with Crippen molar-refractivity contribution < 1.29 is 22.9 Å². The van der Waals surface area contributed by atoms with E-state index in [1.165, 1.54) is 125 Å². The smallest absolute Gasteiger partial charge is 0.537 e. The van der Waals surface area contributed by atoms with Crippen molar-refractivity contribution >= 4 is 231 Å². The summed E-state index contributed by atoms with van der Waals surface area (Å²) < 4.78 is 36.6. The number of thiophene rings is 4. The van der Waals surface area contributed by atoms with Gasteiger partial charge in [-0.2, -0.15) is 0 Å². The molecule has 102 heavy (non-hydrogen) atoms. The predicted molar refractivity (Wildman–Crippen MR) is 444 cm³/mol. The summed E-state index contributed by atoms with van der Waals surface area (Å²) in [5, 5.41) is 26.0. The van der Waals surface area contributed by atoms with Gasteiger partial charge in [0.05, 0.1) is 18.8 Å². The SMILES string of the molecule is Brc1ccc2sc3c(ccc4c5cc(Br)ccc5sc43)c2c1.O[B]Oc1ccc2oc3ccc(-c4ccccc4)cc3c2c1.c1ccc(-c2ccc3oc4ccc(-c5ccc6sc7c(ccc8c9cc(-c%10ccc%11oc%12ccc(-c%13ccccc%13)cc%12c%11c%10)ccc9sc87)c6c5)cc4c3c2)cc1. The van der Waals surface area contributed by atoms with Crippen LogP contribution in [-0.2, 0) is 0 Å². The molecule has 0 aliphatic carbocycles. The van der Waals surface area contributed by atoms with E-state index in [1.807, 2.05) is 81.7 Å². The minimum Gasteiger partial charge on any atom is -0.537 e. The Labute approximate surface area is 616 Å². The lowest BCUT2D eigenvalue weighted by Crippen LogP contribution is -1.98. The molecular formula is C90H50BBr2O5S4. The molecule has 0 aliphatic rings. The van der Waals surface area contributed by atoms with E-state index in [0.29, 0.717) is 13.4 Å². The molecule has 5 nitrogen and oxygen atoms in total. The van der Waals surface area contributed by atoms with Crippen LogP contribution in [0.5, 0.6) is 5.75 Å². The summed E-state index contributed by atoms with van der Waals surface area (Å²) in [6.07, 6.45) is 0. The number of halogens is 2. The van der Waals surface area contributed by atoms with Crippen molar-refractivity contribution in [2.75, 3.05) is 0 Å². The molecule has 7 aromatic heterocycles. The second kappa shape index (κ2) is 24.9. The molecule has 0 fully saturated rings. The monoisotopic (exact) mass is 1510 g/mol. The van der Waals surface area contributed by atoms with E-state index in [4.69, 9.17) is 22.9 Å². The van der Waals surface area contributed by atoms with Crippen LogP contribution < -0.4 is 4.65 Å². The summed E-state index contributed by atoms with van der Waals surface area (Å²) in [5.41, 5.74) is 17.2. The average Bonchev–Trinajstić information content (AvgIpc) is 1.59. The average molecular weight is 1510 g/mol. The minimum absolute atomic E-state index is 0.572. The van der Waals surface area contributed by atoms with Crippen LogP contribution in [0, 0.1) is 0 Å². The van der Waals surface area contributed by atoms with Crippen molar-refractivity contribution in [2.45, 2.75) is 0 Å². The van der Waals surface area contributed by atoms with Gasteiger partial charge in [-0.15, -0.1) is 45.3 Å². The lowest BCUT2D eigenvalue weighted by Gasteiger charge is -2.04. The van der Waals surface area contributed by atoms with Crippen LogP contribution in [0.1, 0.15) is 0 Å². The molecule has 22 aromatic rings. The predicted octanol–water partition coefficient (Wildman–Crippen LogP) is 29.0. The number of hydrogen-bond acceptors (Lipinski definition) is 9. The van der Waals surface area contributed by atoms with Gasteiger partial charge < -0.3 is 22.9 Å². The Morgan fingerprint density at radius 1 is 0.235 bits per heavy atom. The van der Waals surface area contributed by atoms with Crippen molar-refractivity contribution in [1.29, 1.82) is 0 Å². The van der Waals surface area contributed by atoms with Crippen LogP contribution in [-0.4, -0.2) is 12.7 Å². The molecule has 1 N–H and O–H groups in total. The summed E-state index contributed by atoms with van der Waals surface area (Å²) in [6.45, 7) is 0. The van der Waals surface area contributed by atoms with E-state index < -0.39 is 0 Å². The van der Waals surface area contributed by atoms with Crippen molar-refractivity contribution in [3.63, 3.8) is 0 Å². The zero-order valence-electron chi connectivity index (χ0n) is 53.8. The molecule has 0 amide bonds. The van der Waals surface area contributed by atoms with Crippen LogP contribution in [0.25, 0.3) is 202 Å². The highest BCUT2D eigenvalue weighted by atomic mass is 79.9. The molecule has 481 valence electrons. The highest BCUT2D eigenvalue weighted by Gasteiger charge is 2.20. The topological polar surface area (TPSA) is 68.9 Å². The molecule has 12 heteroatoms. The maximum Gasteiger partial charge on any atom is 0.569 e. The maximum absolute atomic E-state index is 8.78. The lowest BCUT2D eigenvalue weighted by atomic mass is 9.98. The number of fused-ring (bicyclic) bond motifs is 23. The fourth-order valence-corrected chi connectivity index (χ4v) is 20.4. The van der Waals surface area contributed by atoms with E-state index in [0.717, 1.165) is 85.9 Å². The van der Waals surface area contributed by atoms with Crippen molar-refractivity contribution in [1.82, 2.24) is 0 Å². The Balaban J connectivity index is 0.000000128. The van der Waals surface area contributed by atoms with Gasteiger partial charge in [0.25, 0.3) is 0 Å². The third-order valence-corrected chi connectivity index (χ3v) is 25.7. The van der Waals surface area contributed by atoms with E-state index in [9.17, 15) is 0 Å². The van der Waals surface area contributed by atoms with Crippen molar-refractivity contribution in [2.24, 2.45) is 0 Å². The summed E-state index contributed by atoms with van der Waals surface area (Å²) >= 11 is 14.8. The Morgan fingerprint density at radius 2 is 0.490 bits per heavy atom. The Kier molecular flexibility index (Phi) is 14.9. The zero-order valence-corrected chi connectivity index (χ0v) is 60.3. The van der Waals surface area contributed by atoms with Crippen molar-refractivity contribution in [3.05, 3.63) is 306 Å². The van der Waals surface area contributed by atoms with Gasteiger partial charge in [-0.3, -0.25) is 0 Å². The van der Waals surface area contributed by atoms with Crippen LogP contribution >= 0.6 is 77.2 Å². The third kappa shape index (κ3) is 10.6. The van der Waals surface area contributed by atoms with Gasteiger partial charge in [0.15, 0.2) is 0 Å². The van der Waals surface area contributed by atoms with Gasteiger partial charge in [-0.05, 0) is 195 Å². The number of furan rings is 3. The summed E-state index contributed by atoms with van der Waals surface area (Å²) in [6, 6.07) is 105. The molecule has 22 rings (SSSR count). The first-order valence-corrected chi connectivity index (χ1v) is 38.2. The maximum atomic E-state index is 8.78. The van der Waals surface area contributed by atoms with Crippen LogP contribution in [0.2, 0.25) is 0 Å². The molecule has 0 saturated heterocycles. The van der Waals surface area contributed by atoms with E-state index in [-0.39, 0.29) is 0 Å². The molecule has 0 aliphatic heterocycles. The largest absolute Gasteiger partial charge is 0.569 e. The summed E-state index contributed by atoms with van der Waals surface area (Å²) in [4.78, 5) is 0. The molecule has 0 unspecified atom stereocenters. The fourth-order valence-electron chi connectivity index (χ4n) is 14.7. The first kappa shape index (κ1) is 61.3. The van der Waals surface area contributed by atoms with Crippen LogP contribution in [0.4, 0.5) is 0 Å². The summed E-state index contributed by atoms with van der Waals surface area (Å²) in [5.74, 6) is 0.572. The fraction of sp³-hybridized carbons (Fsp3) is 0. The van der Waals surface area contributed by atoms with Gasteiger partial charge in [0.1, 0.15) is 39.2 Å². The molecule has 7 heterocycles. The number of rotatable bonds is 7. The van der Waals surface area contributed by atoms with Crippen LogP contribution in [0.3, 0.4) is 0 Å². The minimum atomic E-state index is 0.572. The quantitative estimate of drug-likeness (QED) is 0.161. The molecular weight excluding hydrogens is 1460 g/mol. The van der Waals surface area contributed by atoms with Gasteiger partial charge in [-0.25, -0.2) is 0 Å². The van der Waals surface area contributed by atoms with Gasteiger partial charge >= 0.3 is 7.69 Å². The molecule has 0 bridgehead atoms. The van der Waals surface area contributed by atoms with Crippen molar-refractivity contribution in [3.8, 4) is 61.4 Å². The van der Waals surface area contributed by atoms with E-state index in [1.54, 1.807) is 6.07 Å². The molecule has 1 radical (unpaired) electrons. The lowest BCUT2D eigenvalue weighted by molar-refractivity contribution is 0.454. The van der Waals surface area contributed by atoms with E-state index in [2.05, 4.69) is 287 Å². The first-order valence-electron chi connectivity index (χ1n) is 33.4. The second-order valence-corrected chi connectivity index (χ2v) is 31.6. The van der Waals surface area contributed by atoms with E-state index >= 15 is 0 Å². The Hall–Kier alpha value is -10.6. The Morgan fingerprint density at radius 3 is 0.804 bits per heavy atom.